The summed E-state index contributed by atoms with van der Waals surface area (Å²) in [4.78, 5) is 26.8. The minimum Gasteiger partial charge on any atom is -0.337 e. The number of anilines is 1. The molecule has 0 atom stereocenters. The minimum absolute atomic E-state index is 0.0890. The molecule has 1 N–H and O–H groups in total. The predicted molar refractivity (Wildman–Crippen MR) is 93.4 cm³/mol. The van der Waals surface area contributed by atoms with Crippen molar-refractivity contribution in [3.8, 4) is 0 Å². The Morgan fingerprint density at radius 2 is 1.96 bits per heavy atom. The first-order valence-electron chi connectivity index (χ1n) is 8.33. The van der Waals surface area contributed by atoms with Crippen LogP contribution in [0.15, 0.2) is 18.6 Å². The summed E-state index contributed by atoms with van der Waals surface area (Å²) >= 11 is 5.80. The van der Waals surface area contributed by atoms with Crippen LogP contribution in [0.3, 0.4) is 0 Å². The molecule has 0 spiro atoms. The van der Waals surface area contributed by atoms with Crippen LogP contribution in [0.1, 0.15) is 36.2 Å². The normalized spacial score (nSPS) is 14.6. The molecule has 0 unspecified atom stereocenters. The molecule has 25 heavy (non-hydrogen) atoms. The molecule has 9 heteroatoms. The van der Waals surface area contributed by atoms with Crippen LogP contribution in [0, 0.1) is 0 Å². The number of amides is 2. The number of hydrogen-bond acceptors (Lipinski definition) is 4. The van der Waals surface area contributed by atoms with E-state index >= 15 is 0 Å². The maximum atomic E-state index is 12.8. The third-order valence-corrected chi connectivity index (χ3v) is 4.42. The summed E-state index contributed by atoms with van der Waals surface area (Å²) < 4.78 is 3.12. The monoisotopic (exact) mass is 364 g/mol. The van der Waals surface area contributed by atoms with Crippen LogP contribution in [0.5, 0.6) is 0 Å². The lowest BCUT2D eigenvalue weighted by atomic mass is 10.1. The topological polar surface area (TPSA) is 85.0 Å². The van der Waals surface area contributed by atoms with Gasteiger partial charge in [0.1, 0.15) is 5.69 Å². The molecule has 1 aliphatic rings. The molecule has 0 radical (unpaired) electrons. The fourth-order valence-corrected chi connectivity index (χ4v) is 3.08. The molecule has 1 aliphatic heterocycles. The Bertz CT molecular complexity index is 763. The summed E-state index contributed by atoms with van der Waals surface area (Å²) in [5.74, 6) is -0.291. The van der Waals surface area contributed by atoms with E-state index in [9.17, 15) is 9.59 Å². The summed E-state index contributed by atoms with van der Waals surface area (Å²) in [6.45, 7) is 1.91. The molecule has 134 valence electrons. The number of hydrogen-bond donors (Lipinski definition) is 1. The van der Waals surface area contributed by atoms with Crippen LogP contribution in [-0.4, -0.2) is 49.4 Å². The zero-order valence-electron chi connectivity index (χ0n) is 14.1. The Labute approximate surface area is 150 Å². The van der Waals surface area contributed by atoms with E-state index in [-0.39, 0.29) is 18.2 Å². The first-order chi connectivity index (χ1) is 12.0. The standard InChI is InChI=1S/C16H21ClN6O2/c1-21-15(16(25)22-6-3-2-4-7-22)13(10-18-21)20-14(24)5-8-23-11-12(17)9-19-23/h9-11H,2-8H2,1H3,(H,20,24). The number of aryl methyl sites for hydroxylation is 2. The summed E-state index contributed by atoms with van der Waals surface area (Å²) in [5.41, 5.74) is 0.860. The third kappa shape index (κ3) is 4.19. The van der Waals surface area contributed by atoms with E-state index in [1.807, 2.05) is 4.90 Å². The van der Waals surface area contributed by atoms with Crippen LogP contribution in [-0.2, 0) is 18.4 Å². The molecule has 1 fully saturated rings. The Hall–Kier alpha value is -2.35. The molecule has 2 amide bonds. The SMILES string of the molecule is Cn1ncc(NC(=O)CCn2cc(Cl)cn2)c1C(=O)N1CCCCC1. The van der Waals surface area contributed by atoms with Crippen LogP contribution in [0.25, 0.3) is 0 Å². The number of aromatic nitrogens is 4. The van der Waals surface area contributed by atoms with E-state index in [0.29, 0.717) is 22.9 Å². The highest BCUT2D eigenvalue weighted by molar-refractivity contribution is 6.30. The molecule has 0 bridgehead atoms. The zero-order chi connectivity index (χ0) is 17.8. The highest BCUT2D eigenvalue weighted by atomic mass is 35.5. The largest absolute Gasteiger partial charge is 0.337 e. The number of piperidine rings is 1. The fraction of sp³-hybridized carbons (Fsp3) is 0.500. The number of carbonyl (C=O) groups is 2. The lowest BCUT2D eigenvalue weighted by Crippen LogP contribution is -2.37. The summed E-state index contributed by atoms with van der Waals surface area (Å²) in [7, 11) is 1.71. The Kier molecular flexibility index (Phi) is 5.37. The van der Waals surface area contributed by atoms with Gasteiger partial charge in [-0.15, -0.1) is 0 Å². The zero-order valence-corrected chi connectivity index (χ0v) is 14.9. The smallest absolute Gasteiger partial charge is 0.274 e. The van der Waals surface area contributed by atoms with Gasteiger partial charge in [-0.05, 0) is 19.3 Å². The molecular formula is C16H21ClN6O2. The average Bonchev–Trinajstić information content (AvgIpc) is 3.19. The lowest BCUT2D eigenvalue weighted by molar-refractivity contribution is -0.116. The van der Waals surface area contributed by atoms with Gasteiger partial charge >= 0.3 is 0 Å². The van der Waals surface area contributed by atoms with Gasteiger partial charge in [0.15, 0.2) is 0 Å². The van der Waals surface area contributed by atoms with Crippen LogP contribution in [0.4, 0.5) is 5.69 Å². The van der Waals surface area contributed by atoms with E-state index in [1.54, 1.807) is 17.9 Å². The van der Waals surface area contributed by atoms with Gasteiger partial charge in [-0.25, -0.2) is 0 Å². The Morgan fingerprint density at radius 3 is 2.64 bits per heavy atom. The second-order valence-electron chi connectivity index (χ2n) is 6.10. The average molecular weight is 365 g/mol. The second-order valence-corrected chi connectivity index (χ2v) is 6.54. The van der Waals surface area contributed by atoms with Crippen molar-refractivity contribution in [1.82, 2.24) is 24.5 Å². The molecule has 3 rings (SSSR count). The first kappa shape index (κ1) is 17.5. The predicted octanol–water partition coefficient (Wildman–Crippen LogP) is 1.92. The van der Waals surface area contributed by atoms with Gasteiger partial charge in [-0.1, -0.05) is 11.6 Å². The summed E-state index contributed by atoms with van der Waals surface area (Å²) in [5, 5.41) is 11.5. The number of carbonyl (C=O) groups excluding carboxylic acids is 2. The quantitative estimate of drug-likeness (QED) is 0.878. The second kappa shape index (κ2) is 7.69. The van der Waals surface area contributed by atoms with E-state index in [1.165, 1.54) is 17.1 Å². The molecule has 1 saturated heterocycles. The fourth-order valence-electron chi connectivity index (χ4n) is 2.92. The van der Waals surface area contributed by atoms with Gasteiger partial charge in [-0.3, -0.25) is 19.0 Å². The lowest BCUT2D eigenvalue weighted by Gasteiger charge is -2.27. The van der Waals surface area contributed by atoms with Gasteiger partial charge in [0.25, 0.3) is 5.91 Å². The number of nitrogens with one attached hydrogen (secondary N) is 1. The first-order valence-corrected chi connectivity index (χ1v) is 8.71. The van der Waals surface area contributed by atoms with Crippen molar-refractivity contribution in [2.24, 2.45) is 7.05 Å². The molecule has 2 aromatic heterocycles. The van der Waals surface area contributed by atoms with Crippen molar-refractivity contribution in [2.75, 3.05) is 18.4 Å². The highest BCUT2D eigenvalue weighted by Crippen LogP contribution is 2.19. The molecule has 0 saturated carbocycles. The molecule has 0 aliphatic carbocycles. The van der Waals surface area contributed by atoms with Gasteiger partial charge in [0.05, 0.1) is 23.1 Å². The Morgan fingerprint density at radius 1 is 1.20 bits per heavy atom. The van der Waals surface area contributed by atoms with Gasteiger partial charge in [0, 0.05) is 39.3 Å². The number of rotatable bonds is 5. The van der Waals surface area contributed by atoms with E-state index < -0.39 is 0 Å². The number of likely N-dealkylation sites (tertiary alicyclic amines) is 1. The molecule has 2 aromatic rings. The van der Waals surface area contributed by atoms with Gasteiger partial charge in [0.2, 0.25) is 5.91 Å². The number of nitrogens with zero attached hydrogens (tertiary/aromatic N) is 5. The maximum absolute atomic E-state index is 12.8. The molecule has 8 nitrogen and oxygen atoms in total. The van der Waals surface area contributed by atoms with E-state index in [0.717, 1.165) is 32.4 Å². The van der Waals surface area contributed by atoms with Crippen molar-refractivity contribution in [3.63, 3.8) is 0 Å². The highest BCUT2D eigenvalue weighted by Gasteiger charge is 2.25. The van der Waals surface area contributed by atoms with Crippen LogP contribution < -0.4 is 5.32 Å². The van der Waals surface area contributed by atoms with Gasteiger partial charge < -0.3 is 10.2 Å². The minimum atomic E-state index is -0.202. The van der Waals surface area contributed by atoms with Crippen LogP contribution in [0.2, 0.25) is 5.02 Å². The van der Waals surface area contributed by atoms with E-state index in [4.69, 9.17) is 11.6 Å². The molecular weight excluding hydrogens is 344 g/mol. The van der Waals surface area contributed by atoms with Crippen LogP contribution >= 0.6 is 11.6 Å². The van der Waals surface area contributed by atoms with Crippen molar-refractivity contribution in [3.05, 3.63) is 29.3 Å². The Balaban J connectivity index is 1.64. The third-order valence-electron chi connectivity index (χ3n) is 4.23. The molecule has 3 heterocycles. The van der Waals surface area contributed by atoms with Crippen molar-refractivity contribution in [1.29, 1.82) is 0 Å². The summed E-state index contributed by atoms with van der Waals surface area (Å²) in [6.07, 6.45) is 8.09. The van der Waals surface area contributed by atoms with Crippen molar-refractivity contribution >= 4 is 29.1 Å². The number of halogens is 1. The van der Waals surface area contributed by atoms with Crippen molar-refractivity contribution in [2.45, 2.75) is 32.2 Å². The summed E-state index contributed by atoms with van der Waals surface area (Å²) in [6, 6.07) is 0. The van der Waals surface area contributed by atoms with Crippen molar-refractivity contribution < 1.29 is 9.59 Å². The molecule has 0 aromatic carbocycles. The van der Waals surface area contributed by atoms with E-state index in [2.05, 4.69) is 15.5 Å². The van der Waals surface area contributed by atoms with Gasteiger partial charge in [-0.2, -0.15) is 10.2 Å². The maximum Gasteiger partial charge on any atom is 0.274 e.